The number of fused-ring (bicyclic) bond motifs is 1. The van der Waals surface area contributed by atoms with E-state index >= 15 is 0 Å². The van der Waals surface area contributed by atoms with Crippen molar-refractivity contribution in [2.24, 2.45) is 0 Å². The molecule has 0 saturated heterocycles. The Hall–Kier alpha value is -3.28. The first kappa shape index (κ1) is 16.2. The van der Waals surface area contributed by atoms with E-state index in [2.05, 4.69) is 41.0 Å². The molecule has 0 fully saturated rings. The molecule has 1 aliphatic rings. The second-order valence-electron chi connectivity index (χ2n) is 6.53. The van der Waals surface area contributed by atoms with Gasteiger partial charge in [-0.05, 0) is 37.1 Å². The summed E-state index contributed by atoms with van der Waals surface area (Å²) in [5.41, 5.74) is 8.21. The number of benzene rings is 2. The van der Waals surface area contributed by atoms with Gasteiger partial charge in [-0.3, -0.25) is 10.2 Å². The molecule has 0 amide bonds. The van der Waals surface area contributed by atoms with Crippen molar-refractivity contribution in [1.82, 2.24) is 9.66 Å². The highest BCUT2D eigenvalue weighted by Gasteiger charge is 2.24. The molecule has 1 aromatic heterocycles. The van der Waals surface area contributed by atoms with E-state index in [9.17, 15) is 4.79 Å². The van der Waals surface area contributed by atoms with Crippen LogP contribution in [0.5, 0.6) is 0 Å². The Bertz CT molecular complexity index is 994. The molecule has 0 radical (unpaired) electrons. The van der Waals surface area contributed by atoms with Crippen molar-refractivity contribution >= 4 is 11.6 Å². The smallest absolute Gasteiger partial charge is 0.273 e. The Balaban J connectivity index is 1.53. The van der Waals surface area contributed by atoms with Gasteiger partial charge in [-0.1, -0.05) is 42.0 Å². The zero-order valence-electron chi connectivity index (χ0n) is 14.8. The van der Waals surface area contributed by atoms with Gasteiger partial charge in [-0.2, -0.15) is 4.68 Å². The fourth-order valence-electron chi connectivity index (χ4n) is 3.05. The van der Waals surface area contributed by atoms with Crippen molar-refractivity contribution in [3.8, 4) is 0 Å². The normalized spacial score (nSPS) is 15.1. The fourth-order valence-corrected chi connectivity index (χ4v) is 3.05. The zero-order valence-corrected chi connectivity index (χ0v) is 14.8. The van der Waals surface area contributed by atoms with Gasteiger partial charge in [-0.15, -0.1) is 0 Å². The van der Waals surface area contributed by atoms with Crippen molar-refractivity contribution in [3.63, 3.8) is 0 Å². The molecule has 4 rings (SSSR count). The Morgan fingerprint density at radius 3 is 2.65 bits per heavy atom. The second-order valence-corrected chi connectivity index (χ2v) is 6.53. The third-order valence-electron chi connectivity index (χ3n) is 4.53. The summed E-state index contributed by atoms with van der Waals surface area (Å²) in [5, 5.41) is 6.59. The molecule has 1 unspecified atom stereocenters. The largest absolute Gasteiger partial charge is 0.379 e. The van der Waals surface area contributed by atoms with E-state index in [1.165, 1.54) is 10.2 Å². The molecule has 6 nitrogen and oxygen atoms in total. The van der Waals surface area contributed by atoms with Crippen molar-refractivity contribution in [1.29, 1.82) is 0 Å². The zero-order chi connectivity index (χ0) is 18.1. The van der Waals surface area contributed by atoms with Gasteiger partial charge in [0, 0.05) is 11.8 Å². The van der Waals surface area contributed by atoms with Gasteiger partial charge in [0.05, 0.1) is 12.2 Å². The lowest BCUT2D eigenvalue weighted by molar-refractivity contribution is 0.792. The van der Waals surface area contributed by atoms with Crippen molar-refractivity contribution in [2.75, 3.05) is 16.1 Å². The molecule has 0 bridgehead atoms. The topological polar surface area (TPSA) is 71.0 Å². The minimum absolute atomic E-state index is 0.126. The number of hydrogen-bond donors (Lipinski definition) is 3. The van der Waals surface area contributed by atoms with Crippen LogP contribution in [0.4, 0.5) is 11.6 Å². The molecule has 2 heterocycles. The monoisotopic (exact) mass is 347 g/mol. The predicted molar refractivity (Wildman–Crippen MR) is 104 cm³/mol. The second kappa shape index (κ2) is 6.55. The van der Waals surface area contributed by atoms with E-state index in [1.807, 2.05) is 42.5 Å². The number of nitrogens with zero attached hydrogens (tertiary/aromatic N) is 2. The van der Waals surface area contributed by atoms with Crippen molar-refractivity contribution in [3.05, 3.63) is 87.3 Å². The van der Waals surface area contributed by atoms with Gasteiger partial charge in [-0.25, -0.2) is 4.98 Å². The van der Waals surface area contributed by atoms with Crippen LogP contribution in [0, 0.1) is 13.8 Å². The molecule has 1 atom stereocenters. The maximum atomic E-state index is 12.4. The fraction of sp³-hybridized carbons (Fsp3) is 0.200. The van der Waals surface area contributed by atoms with Crippen LogP contribution in [0.2, 0.25) is 0 Å². The molecule has 3 aromatic rings. The van der Waals surface area contributed by atoms with Crippen molar-refractivity contribution < 1.29 is 0 Å². The summed E-state index contributed by atoms with van der Waals surface area (Å²) in [6.45, 7) is 4.59. The highest BCUT2D eigenvalue weighted by atomic mass is 16.1. The summed E-state index contributed by atoms with van der Waals surface area (Å²) in [4.78, 5) is 17.0. The minimum atomic E-state index is -0.170. The lowest BCUT2D eigenvalue weighted by Gasteiger charge is -2.13. The average Bonchev–Trinajstić information content (AvgIpc) is 3.06. The van der Waals surface area contributed by atoms with E-state index in [4.69, 9.17) is 0 Å². The van der Waals surface area contributed by atoms with Gasteiger partial charge < -0.3 is 10.6 Å². The summed E-state index contributed by atoms with van der Waals surface area (Å²) in [5.74, 6) is 0.534. The van der Waals surface area contributed by atoms with Crippen molar-refractivity contribution in [2.45, 2.75) is 26.6 Å². The van der Waals surface area contributed by atoms with Crippen LogP contribution in [0.15, 0.2) is 59.4 Å². The molecule has 2 aromatic carbocycles. The lowest BCUT2D eigenvalue weighted by atomic mass is 10.1. The third kappa shape index (κ3) is 3.13. The first-order valence-corrected chi connectivity index (χ1v) is 8.62. The standard InChI is InChI=1S/C20H21N5O/c1-13-7-9-15(10-8-13)21-12-16-11-18(26)25-20(22-16)23-19(24-25)17-6-4-3-5-14(17)2/h3-11,19,21,24H,12H2,1-2H3,(H,22,23). The number of nitrogens with one attached hydrogen (secondary N) is 3. The highest BCUT2D eigenvalue weighted by Crippen LogP contribution is 2.24. The van der Waals surface area contributed by atoms with E-state index in [-0.39, 0.29) is 11.7 Å². The van der Waals surface area contributed by atoms with Crippen LogP contribution in [0.3, 0.4) is 0 Å². The molecule has 132 valence electrons. The third-order valence-corrected chi connectivity index (χ3v) is 4.53. The molecule has 26 heavy (non-hydrogen) atoms. The van der Waals surface area contributed by atoms with Gasteiger partial charge in [0.2, 0.25) is 5.95 Å². The Kier molecular flexibility index (Phi) is 4.08. The highest BCUT2D eigenvalue weighted by molar-refractivity contribution is 5.46. The summed E-state index contributed by atoms with van der Waals surface area (Å²) < 4.78 is 1.46. The molecule has 0 saturated carbocycles. The van der Waals surface area contributed by atoms with E-state index in [0.29, 0.717) is 18.2 Å². The van der Waals surface area contributed by atoms with Crippen LogP contribution in [-0.4, -0.2) is 9.66 Å². The molecular weight excluding hydrogens is 326 g/mol. The average molecular weight is 347 g/mol. The minimum Gasteiger partial charge on any atom is -0.379 e. The predicted octanol–water partition coefficient (Wildman–Crippen LogP) is 3.14. The molecule has 0 spiro atoms. The first-order valence-electron chi connectivity index (χ1n) is 8.62. The van der Waals surface area contributed by atoms with Crippen LogP contribution >= 0.6 is 0 Å². The quantitative estimate of drug-likeness (QED) is 0.676. The van der Waals surface area contributed by atoms with E-state index in [0.717, 1.165) is 16.8 Å². The van der Waals surface area contributed by atoms with Crippen LogP contribution in [0.25, 0.3) is 0 Å². The summed E-state index contributed by atoms with van der Waals surface area (Å²) >= 11 is 0. The van der Waals surface area contributed by atoms with Crippen LogP contribution in [-0.2, 0) is 6.54 Å². The van der Waals surface area contributed by atoms with Crippen LogP contribution in [0.1, 0.15) is 28.6 Å². The molecule has 1 aliphatic heterocycles. The number of rotatable bonds is 4. The Labute approximate surface area is 151 Å². The summed E-state index contributed by atoms with van der Waals surface area (Å²) in [7, 11) is 0. The Morgan fingerprint density at radius 2 is 1.88 bits per heavy atom. The number of aryl methyl sites for hydroxylation is 2. The molecular formula is C20H21N5O. The summed E-state index contributed by atoms with van der Waals surface area (Å²) in [6.07, 6.45) is -0.170. The van der Waals surface area contributed by atoms with Crippen LogP contribution < -0.4 is 21.6 Å². The maximum absolute atomic E-state index is 12.4. The number of hydrogen-bond acceptors (Lipinski definition) is 5. The molecule has 0 aliphatic carbocycles. The van der Waals surface area contributed by atoms with E-state index in [1.54, 1.807) is 6.07 Å². The van der Waals surface area contributed by atoms with Gasteiger partial charge in [0.1, 0.15) is 6.17 Å². The summed E-state index contributed by atoms with van der Waals surface area (Å²) in [6, 6.07) is 17.8. The molecule has 6 heteroatoms. The van der Waals surface area contributed by atoms with Gasteiger partial charge in [0.25, 0.3) is 5.56 Å². The van der Waals surface area contributed by atoms with E-state index < -0.39 is 0 Å². The number of anilines is 2. The number of aromatic nitrogens is 2. The first-order chi connectivity index (χ1) is 12.6. The Morgan fingerprint density at radius 1 is 1.12 bits per heavy atom. The van der Waals surface area contributed by atoms with Gasteiger partial charge >= 0.3 is 0 Å². The maximum Gasteiger partial charge on any atom is 0.273 e. The lowest BCUT2D eigenvalue weighted by Crippen LogP contribution is -2.27. The SMILES string of the molecule is Cc1ccc(NCc2cc(=O)n3c(n2)NC(c2ccccc2C)N3)cc1. The molecule has 3 N–H and O–H groups in total. The van der Waals surface area contributed by atoms with Gasteiger partial charge in [0.15, 0.2) is 0 Å².